The fraction of sp³-hybridized carbons (Fsp3) is 0.781. The predicted octanol–water partition coefficient (Wildman–Crippen LogP) is 6.60. The number of allylic oxidation sites excluding steroid dienone is 5. The van der Waals surface area contributed by atoms with Gasteiger partial charge in [-0.3, -0.25) is 9.36 Å². The van der Waals surface area contributed by atoms with Crippen LogP contribution in [0.3, 0.4) is 0 Å². The molecule has 0 aliphatic heterocycles. The fourth-order valence-corrected chi connectivity index (χ4v) is 4.68. The highest BCUT2D eigenvalue weighted by atomic mass is 31.2. The van der Waals surface area contributed by atoms with Crippen molar-refractivity contribution in [3.63, 3.8) is 0 Å². The molecule has 3 atom stereocenters. The second kappa shape index (κ2) is 25.2. The zero-order valence-corrected chi connectivity index (χ0v) is 27.6. The largest absolute Gasteiger partial charge is 0.756 e. The number of amides is 1. The van der Waals surface area contributed by atoms with Crippen LogP contribution < -0.4 is 10.2 Å². The van der Waals surface area contributed by atoms with Gasteiger partial charge in [-0.1, -0.05) is 102 Å². The van der Waals surface area contributed by atoms with Crippen LogP contribution in [0, 0.1) is 0 Å². The number of hydrogen-bond acceptors (Lipinski definition) is 6. The number of aliphatic hydroxyl groups is 1. The van der Waals surface area contributed by atoms with Crippen molar-refractivity contribution in [3.8, 4) is 0 Å². The van der Waals surface area contributed by atoms with Crippen molar-refractivity contribution in [2.45, 2.75) is 122 Å². The molecule has 0 aromatic carbocycles. The highest BCUT2D eigenvalue weighted by molar-refractivity contribution is 7.45. The summed E-state index contributed by atoms with van der Waals surface area (Å²) in [6, 6.07) is -0.900. The number of carbonyl (C=O) groups is 1. The molecule has 2 N–H and O–H groups in total. The van der Waals surface area contributed by atoms with Crippen LogP contribution in [0.5, 0.6) is 0 Å². The number of phosphoric ester groups is 1. The van der Waals surface area contributed by atoms with Crippen LogP contribution in [0.25, 0.3) is 0 Å². The predicted molar refractivity (Wildman–Crippen MR) is 168 cm³/mol. The number of unbranched alkanes of at least 4 members (excludes halogenated alkanes) is 10. The van der Waals surface area contributed by atoms with Crippen LogP contribution in [0.1, 0.15) is 110 Å². The molecule has 0 saturated carbocycles. The third kappa shape index (κ3) is 27.3. The molecule has 0 fully saturated rings. The number of aliphatic hydroxyl groups excluding tert-OH is 1. The van der Waals surface area contributed by atoms with Gasteiger partial charge in [0.05, 0.1) is 39.9 Å². The van der Waals surface area contributed by atoms with E-state index in [9.17, 15) is 19.4 Å². The number of rotatable bonds is 27. The molecule has 0 aromatic rings. The zero-order valence-electron chi connectivity index (χ0n) is 26.7. The average Bonchev–Trinajstić information content (AvgIpc) is 2.90. The van der Waals surface area contributed by atoms with Gasteiger partial charge in [-0.2, -0.15) is 0 Å². The highest BCUT2D eigenvalue weighted by Gasteiger charge is 2.23. The molecular formula is C32H61N2O6P. The van der Waals surface area contributed by atoms with E-state index in [1.807, 2.05) is 27.2 Å². The van der Waals surface area contributed by atoms with Crippen molar-refractivity contribution in [3.05, 3.63) is 36.5 Å². The van der Waals surface area contributed by atoms with Crippen LogP contribution in [0.15, 0.2) is 36.5 Å². The molecule has 41 heavy (non-hydrogen) atoms. The lowest BCUT2D eigenvalue weighted by atomic mass is 10.1. The van der Waals surface area contributed by atoms with Gasteiger partial charge < -0.3 is 28.8 Å². The van der Waals surface area contributed by atoms with E-state index in [2.05, 4.69) is 43.5 Å². The molecule has 0 aliphatic carbocycles. The van der Waals surface area contributed by atoms with Crippen molar-refractivity contribution in [2.75, 3.05) is 40.9 Å². The summed E-state index contributed by atoms with van der Waals surface area (Å²) in [6.45, 7) is 4.45. The molecule has 0 saturated heterocycles. The minimum atomic E-state index is -4.57. The Balaban J connectivity index is 4.76. The van der Waals surface area contributed by atoms with Crippen LogP contribution in [0.4, 0.5) is 0 Å². The van der Waals surface area contributed by atoms with E-state index in [4.69, 9.17) is 9.05 Å². The Morgan fingerprint density at radius 3 is 1.93 bits per heavy atom. The number of nitrogens with one attached hydrogen (secondary N) is 1. The maximum atomic E-state index is 12.6. The Bertz CT molecular complexity index is 779. The summed E-state index contributed by atoms with van der Waals surface area (Å²) in [5, 5.41) is 13.5. The summed E-state index contributed by atoms with van der Waals surface area (Å²) in [7, 11) is 1.22. The monoisotopic (exact) mass is 600 g/mol. The van der Waals surface area contributed by atoms with Crippen molar-refractivity contribution < 1.29 is 32.9 Å². The first-order valence-electron chi connectivity index (χ1n) is 15.9. The first-order valence-corrected chi connectivity index (χ1v) is 17.3. The lowest BCUT2D eigenvalue weighted by Gasteiger charge is -2.29. The molecule has 0 aromatic heterocycles. The molecule has 0 spiro atoms. The Morgan fingerprint density at radius 2 is 1.37 bits per heavy atom. The third-order valence-electron chi connectivity index (χ3n) is 6.56. The normalized spacial score (nSPS) is 15.6. The minimum absolute atomic E-state index is 0.00918. The van der Waals surface area contributed by atoms with Crippen molar-refractivity contribution in [2.24, 2.45) is 0 Å². The summed E-state index contributed by atoms with van der Waals surface area (Å²) >= 11 is 0. The lowest BCUT2D eigenvalue weighted by molar-refractivity contribution is -0.870. The van der Waals surface area contributed by atoms with E-state index in [1.165, 1.54) is 38.5 Å². The number of carbonyl (C=O) groups excluding carboxylic acids is 1. The topological polar surface area (TPSA) is 108 Å². The Morgan fingerprint density at radius 1 is 0.829 bits per heavy atom. The Kier molecular flexibility index (Phi) is 24.5. The molecule has 0 bridgehead atoms. The molecule has 0 radical (unpaired) electrons. The molecular weight excluding hydrogens is 539 g/mol. The van der Waals surface area contributed by atoms with Crippen molar-refractivity contribution in [1.82, 2.24) is 5.32 Å². The molecule has 3 unspecified atom stereocenters. The van der Waals surface area contributed by atoms with Gasteiger partial charge in [-0.25, -0.2) is 0 Å². The van der Waals surface area contributed by atoms with E-state index in [0.29, 0.717) is 17.4 Å². The van der Waals surface area contributed by atoms with Crippen LogP contribution >= 0.6 is 7.82 Å². The number of likely N-dealkylation sites (N-methyl/N-ethyl adjacent to an activating group) is 1. The molecule has 240 valence electrons. The van der Waals surface area contributed by atoms with E-state index < -0.39 is 26.6 Å². The van der Waals surface area contributed by atoms with Crippen LogP contribution in [0.2, 0.25) is 0 Å². The number of quaternary nitrogens is 1. The van der Waals surface area contributed by atoms with E-state index >= 15 is 0 Å². The average molecular weight is 601 g/mol. The van der Waals surface area contributed by atoms with Gasteiger partial charge >= 0.3 is 0 Å². The Labute approximate surface area is 251 Å². The standard InChI is InChI=1S/C32H61N2O6P/c1-6-8-10-12-14-16-17-18-19-21-23-25-31(35)30(29-40-41(37,38)39-28-27-34(3,4)5)33-32(36)26-24-22-20-15-13-11-9-7-2/h10,12,17-18,23,25,30-31,35H,6-9,11,13-16,19-22,24,26-29H2,1-5H3,(H-,33,36,37,38)/b12-10+,18-17+,25-23+. The summed E-state index contributed by atoms with van der Waals surface area (Å²) < 4.78 is 22.9. The maximum absolute atomic E-state index is 12.6. The molecule has 0 rings (SSSR count). The molecule has 0 aliphatic rings. The first-order chi connectivity index (χ1) is 19.5. The molecule has 8 nitrogen and oxygen atoms in total. The van der Waals surface area contributed by atoms with Gasteiger partial charge in [-0.15, -0.1) is 0 Å². The van der Waals surface area contributed by atoms with Crippen molar-refractivity contribution >= 4 is 13.7 Å². The summed E-state index contributed by atoms with van der Waals surface area (Å²) in [6.07, 6.45) is 26.3. The third-order valence-corrected chi connectivity index (χ3v) is 7.53. The van der Waals surface area contributed by atoms with Crippen molar-refractivity contribution in [1.29, 1.82) is 0 Å². The quantitative estimate of drug-likeness (QED) is 0.0476. The molecule has 9 heteroatoms. The SMILES string of the molecule is CCC/C=C/CC/C=C/CC/C=C/C(O)C(COP(=O)([O-])OCC[N+](C)(C)C)NC(=O)CCCCCCCCCC. The van der Waals surface area contributed by atoms with Gasteiger partial charge in [0.1, 0.15) is 13.2 Å². The van der Waals surface area contributed by atoms with Crippen LogP contribution in [-0.2, 0) is 18.4 Å². The van der Waals surface area contributed by atoms with Gasteiger partial charge in [0.15, 0.2) is 0 Å². The van der Waals surface area contributed by atoms with Gasteiger partial charge in [0, 0.05) is 6.42 Å². The fourth-order valence-electron chi connectivity index (χ4n) is 3.95. The number of hydrogen-bond donors (Lipinski definition) is 2. The summed E-state index contributed by atoms with van der Waals surface area (Å²) in [5.74, 6) is -0.223. The Hall–Kier alpha value is -1.28. The van der Waals surface area contributed by atoms with E-state index in [1.54, 1.807) is 6.08 Å². The van der Waals surface area contributed by atoms with E-state index in [-0.39, 0.29) is 12.5 Å². The van der Waals surface area contributed by atoms with Gasteiger partial charge in [0.2, 0.25) is 5.91 Å². The maximum Gasteiger partial charge on any atom is 0.268 e. The summed E-state index contributed by atoms with van der Waals surface area (Å²) in [5.41, 5.74) is 0. The van der Waals surface area contributed by atoms with E-state index in [0.717, 1.165) is 51.4 Å². The highest BCUT2D eigenvalue weighted by Crippen LogP contribution is 2.38. The van der Waals surface area contributed by atoms with Gasteiger partial charge in [-0.05, 0) is 38.5 Å². The first kappa shape index (κ1) is 39.7. The molecule has 0 heterocycles. The lowest BCUT2D eigenvalue weighted by Crippen LogP contribution is -2.45. The zero-order chi connectivity index (χ0) is 30.8. The van der Waals surface area contributed by atoms with Gasteiger partial charge in [0.25, 0.3) is 7.82 Å². The second-order valence-electron chi connectivity index (χ2n) is 11.8. The number of phosphoric acid groups is 1. The minimum Gasteiger partial charge on any atom is -0.756 e. The van der Waals surface area contributed by atoms with Crippen LogP contribution in [-0.4, -0.2) is 68.5 Å². The molecule has 1 amide bonds. The number of nitrogens with zero attached hydrogens (tertiary/aromatic N) is 1. The summed E-state index contributed by atoms with van der Waals surface area (Å²) in [4.78, 5) is 24.9. The smallest absolute Gasteiger partial charge is 0.268 e. The second-order valence-corrected chi connectivity index (χ2v) is 13.2.